The summed E-state index contributed by atoms with van der Waals surface area (Å²) >= 11 is 0. The largest absolute Gasteiger partial charge is 0.491 e. The quantitative estimate of drug-likeness (QED) is 0.690. The van der Waals surface area contributed by atoms with E-state index in [1.54, 1.807) is 17.0 Å². The minimum absolute atomic E-state index is 0.00476. The van der Waals surface area contributed by atoms with Gasteiger partial charge in [-0.2, -0.15) is 4.98 Å². The van der Waals surface area contributed by atoms with Crippen LogP contribution in [0.25, 0.3) is 11.4 Å². The summed E-state index contributed by atoms with van der Waals surface area (Å²) in [6, 6.07) is 17.0. The Hall–Kier alpha value is -3.15. The first-order valence-corrected chi connectivity index (χ1v) is 9.05. The highest BCUT2D eigenvalue weighted by atomic mass is 16.5. The Bertz CT molecular complexity index is 913. The fourth-order valence-electron chi connectivity index (χ4n) is 3.04. The van der Waals surface area contributed by atoms with Gasteiger partial charge in [0.05, 0.1) is 12.0 Å². The van der Waals surface area contributed by atoms with Crippen molar-refractivity contribution >= 4 is 5.91 Å². The van der Waals surface area contributed by atoms with Crippen LogP contribution in [0.1, 0.15) is 36.0 Å². The monoisotopic (exact) mass is 363 g/mol. The molecule has 27 heavy (non-hydrogen) atoms. The van der Waals surface area contributed by atoms with Gasteiger partial charge in [0.15, 0.2) is 0 Å². The van der Waals surface area contributed by atoms with Crippen molar-refractivity contribution < 1.29 is 14.1 Å². The van der Waals surface area contributed by atoms with Gasteiger partial charge < -0.3 is 14.2 Å². The van der Waals surface area contributed by atoms with Gasteiger partial charge in [-0.1, -0.05) is 35.5 Å². The molecule has 0 radical (unpaired) electrons. The van der Waals surface area contributed by atoms with Crippen LogP contribution in [-0.4, -0.2) is 40.1 Å². The normalized spacial score (nSPS) is 14.3. The highest BCUT2D eigenvalue weighted by Gasteiger charge is 2.36. The van der Waals surface area contributed by atoms with E-state index in [0.717, 1.165) is 11.3 Å². The van der Waals surface area contributed by atoms with Crippen molar-refractivity contribution in [3.63, 3.8) is 0 Å². The molecule has 1 fully saturated rings. The number of likely N-dealkylation sites (tertiary alicyclic amines) is 1. The van der Waals surface area contributed by atoms with Crippen molar-refractivity contribution in [3.05, 3.63) is 66.1 Å². The summed E-state index contributed by atoms with van der Waals surface area (Å²) in [7, 11) is 0. The molecule has 0 saturated carbocycles. The number of benzene rings is 2. The van der Waals surface area contributed by atoms with Gasteiger partial charge in [0.25, 0.3) is 5.91 Å². The van der Waals surface area contributed by atoms with Crippen LogP contribution < -0.4 is 4.74 Å². The standard InChI is InChI=1S/C21H21N3O3/c1-14(2)26-18-10-8-16(9-11-18)21(25)24-12-17(13-24)20-22-19(23-27-20)15-6-4-3-5-7-15/h3-11,14,17H,12-13H2,1-2H3. The molecule has 6 nitrogen and oxygen atoms in total. The molecule has 1 aliphatic heterocycles. The maximum absolute atomic E-state index is 12.6. The van der Waals surface area contributed by atoms with Gasteiger partial charge >= 0.3 is 0 Å². The molecule has 0 spiro atoms. The van der Waals surface area contributed by atoms with Crippen molar-refractivity contribution in [1.29, 1.82) is 0 Å². The van der Waals surface area contributed by atoms with Gasteiger partial charge in [-0.25, -0.2) is 0 Å². The number of ether oxygens (including phenoxy) is 1. The fourth-order valence-corrected chi connectivity index (χ4v) is 3.04. The van der Waals surface area contributed by atoms with Crippen molar-refractivity contribution in [2.75, 3.05) is 13.1 Å². The highest BCUT2D eigenvalue weighted by molar-refractivity contribution is 5.95. The minimum atomic E-state index is 0.00476. The second-order valence-corrected chi connectivity index (χ2v) is 6.92. The average molecular weight is 363 g/mol. The van der Waals surface area contributed by atoms with E-state index in [-0.39, 0.29) is 17.9 Å². The summed E-state index contributed by atoms with van der Waals surface area (Å²) in [5.74, 6) is 2.02. The van der Waals surface area contributed by atoms with Gasteiger partial charge in [-0.05, 0) is 38.1 Å². The number of aromatic nitrogens is 2. The maximum Gasteiger partial charge on any atom is 0.253 e. The lowest BCUT2D eigenvalue weighted by atomic mass is 9.98. The third kappa shape index (κ3) is 3.69. The van der Waals surface area contributed by atoms with Gasteiger partial charge in [-0.15, -0.1) is 0 Å². The number of rotatable bonds is 5. The van der Waals surface area contributed by atoms with E-state index in [1.165, 1.54) is 0 Å². The average Bonchev–Trinajstić information content (AvgIpc) is 3.11. The van der Waals surface area contributed by atoms with Crippen LogP contribution >= 0.6 is 0 Å². The van der Waals surface area contributed by atoms with E-state index in [2.05, 4.69) is 10.1 Å². The molecule has 1 amide bonds. The third-order valence-electron chi connectivity index (χ3n) is 4.46. The second-order valence-electron chi connectivity index (χ2n) is 6.92. The smallest absolute Gasteiger partial charge is 0.253 e. The van der Waals surface area contributed by atoms with Crippen molar-refractivity contribution in [2.24, 2.45) is 0 Å². The number of amides is 1. The zero-order valence-corrected chi connectivity index (χ0v) is 15.3. The van der Waals surface area contributed by atoms with Gasteiger partial charge in [0.1, 0.15) is 5.75 Å². The molecule has 0 N–H and O–H groups in total. The molecule has 138 valence electrons. The van der Waals surface area contributed by atoms with E-state index in [0.29, 0.717) is 30.4 Å². The Morgan fingerprint density at radius 3 is 2.48 bits per heavy atom. The predicted molar refractivity (Wildman–Crippen MR) is 101 cm³/mol. The van der Waals surface area contributed by atoms with Crippen LogP contribution in [0.3, 0.4) is 0 Å². The van der Waals surface area contributed by atoms with Crippen LogP contribution in [0.5, 0.6) is 5.75 Å². The molecular weight excluding hydrogens is 342 g/mol. The molecular formula is C21H21N3O3. The third-order valence-corrected chi connectivity index (χ3v) is 4.46. The molecule has 6 heteroatoms. The Balaban J connectivity index is 1.36. The summed E-state index contributed by atoms with van der Waals surface area (Å²) in [5.41, 5.74) is 1.57. The Morgan fingerprint density at radius 2 is 1.81 bits per heavy atom. The molecule has 3 aromatic rings. The van der Waals surface area contributed by atoms with Gasteiger partial charge in [-0.3, -0.25) is 4.79 Å². The summed E-state index contributed by atoms with van der Waals surface area (Å²) in [6.45, 7) is 5.11. The van der Waals surface area contributed by atoms with Gasteiger partial charge in [0.2, 0.25) is 11.7 Å². The van der Waals surface area contributed by atoms with E-state index in [9.17, 15) is 4.79 Å². The lowest BCUT2D eigenvalue weighted by Crippen LogP contribution is -2.48. The first-order chi connectivity index (χ1) is 13.1. The van der Waals surface area contributed by atoms with Crippen molar-refractivity contribution in [1.82, 2.24) is 15.0 Å². The number of carbonyl (C=O) groups excluding carboxylic acids is 1. The topological polar surface area (TPSA) is 68.5 Å². The lowest BCUT2D eigenvalue weighted by Gasteiger charge is -2.37. The van der Waals surface area contributed by atoms with E-state index in [4.69, 9.17) is 9.26 Å². The van der Waals surface area contributed by atoms with Crippen LogP contribution in [0.15, 0.2) is 59.1 Å². The number of nitrogens with zero attached hydrogens (tertiary/aromatic N) is 3. The zero-order chi connectivity index (χ0) is 18.8. The SMILES string of the molecule is CC(C)Oc1ccc(C(=O)N2CC(c3nc(-c4ccccc4)no3)C2)cc1. The lowest BCUT2D eigenvalue weighted by molar-refractivity contribution is 0.0569. The predicted octanol–water partition coefficient (Wildman–Crippen LogP) is 3.76. The highest BCUT2D eigenvalue weighted by Crippen LogP contribution is 2.29. The molecule has 2 aromatic carbocycles. The van der Waals surface area contributed by atoms with Gasteiger partial charge in [0, 0.05) is 24.2 Å². The van der Waals surface area contributed by atoms with Crippen molar-refractivity contribution in [3.8, 4) is 17.1 Å². The van der Waals surface area contributed by atoms with Crippen LogP contribution in [0.2, 0.25) is 0 Å². The Morgan fingerprint density at radius 1 is 1.11 bits per heavy atom. The first kappa shape index (κ1) is 17.3. The molecule has 0 atom stereocenters. The molecule has 1 aliphatic rings. The summed E-state index contributed by atoms with van der Waals surface area (Å²) in [4.78, 5) is 18.8. The van der Waals surface area contributed by atoms with E-state index in [1.807, 2.05) is 56.3 Å². The summed E-state index contributed by atoms with van der Waals surface area (Å²) in [6.07, 6.45) is 0.109. The number of hydrogen-bond donors (Lipinski definition) is 0. The van der Waals surface area contributed by atoms with Crippen LogP contribution in [0.4, 0.5) is 0 Å². The molecule has 0 bridgehead atoms. The number of carbonyl (C=O) groups is 1. The molecule has 1 aromatic heterocycles. The number of hydrogen-bond acceptors (Lipinski definition) is 5. The molecule has 0 unspecified atom stereocenters. The molecule has 2 heterocycles. The molecule has 0 aliphatic carbocycles. The summed E-state index contributed by atoms with van der Waals surface area (Å²) < 4.78 is 11.0. The first-order valence-electron chi connectivity index (χ1n) is 9.05. The van der Waals surface area contributed by atoms with Crippen LogP contribution in [-0.2, 0) is 0 Å². The Labute approximate surface area is 157 Å². The maximum atomic E-state index is 12.6. The van der Waals surface area contributed by atoms with E-state index < -0.39 is 0 Å². The molecule has 4 rings (SSSR count). The molecule has 1 saturated heterocycles. The van der Waals surface area contributed by atoms with Crippen molar-refractivity contribution in [2.45, 2.75) is 25.9 Å². The fraction of sp³-hybridized carbons (Fsp3) is 0.286. The Kier molecular flexibility index (Phi) is 4.62. The van der Waals surface area contributed by atoms with Crippen LogP contribution in [0, 0.1) is 0 Å². The zero-order valence-electron chi connectivity index (χ0n) is 15.3. The summed E-state index contributed by atoms with van der Waals surface area (Å²) in [5, 5.41) is 4.05. The minimum Gasteiger partial charge on any atom is -0.491 e. The van der Waals surface area contributed by atoms with E-state index >= 15 is 0 Å². The second kappa shape index (κ2) is 7.23.